The Morgan fingerprint density at radius 2 is 1.69 bits per heavy atom. The van der Waals surface area contributed by atoms with E-state index in [9.17, 15) is 36.6 Å². The van der Waals surface area contributed by atoms with Crippen molar-refractivity contribution in [1.29, 1.82) is 0 Å². The number of hydrogen-bond acceptors (Lipinski definition) is 3. The van der Waals surface area contributed by atoms with Gasteiger partial charge in [0.1, 0.15) is 5.60 Å². The molecule has 0 aromatic heterocycles. The summed E-state index contributed by atoms with van der Waals surface area (Å²) in [5, 5.41) is 11.3. The summed E-state index contributed by atoms with van der Waals surface area (Å²) >= 11 is 0. The van der Waals surface area contributed by atoms with Crippen molar-refractivity contribution in [2.45, 2.75) is 82.4 Å². The lowest BCUT2D eigenvalue weighted by atomic mass is 9.50. The summed E-state index contributed by atoms with van der Waals surface area (Å²) in [5.41, 5.74) is -0.758. The van der Waals surface area contributed by atoms with Gasteiger partial charge in [-0.1, -0.05) is 36.8 Å². The molecule has 3 nitrogen and oxygen atoms in total. The van der Waals surface area contributed by atoms with Gasteiger partial charge in [-0.2, -0.15) is 22.0 Å². The summed E-state index contributed by atoms with van der Waals surface area (Å²) in [4.78, 5) is 23.9. The zero-order valence-corrected chi connectivity index (χ0v) is 20.2. The second-order valence-corrected chi connectivity index (χ2v) is 11.1. The van der Waals surface area contributed by atoms with E-state index in [-0.39, 0.29) is 30.3 Å². The number of alkyl halides is 5. The number of Topliss-reactive ketones (excluding diaryl/α,β-unsaturated/α-hetero) is 1. The Bertz CT molecular complexity index is 1180. The van der Waals surface area contributed by atoms with Crippen molar-refractivity contribution in [2.75, 3.05) is 0 Å². The number of ketones is 2. The van der Waals surface area contributed by atoms with E-state index in [4.69, 9.17) is 0 Å². The molecule has 36 heavy (non-hydrogen) atoms. The highest BCUT2D eigenvalue weighted by Gasteiger charge is 2.79. The zero-order valence-electron chi connectivity index (χ0n) is 20.2. The van der Waals surface area contributed by atoms with Gasteiger partial charge in [-0.05, 0) is 80.1 Å². The average molecular weight is 509 g/mol. The number of allylic oxidation sites excluding steroid dienone is 4. The van der Waals surface area contributed by atoms with Crippen molar-refractivity contribution in [2.24, 2.45) is 17.3 Å². The van der Waals surface area contributed by atoms with Gasteiger partial charge in [0.2, 0.25) is 0 Å². The van der Waals surface area contributed by atoms with Crippen molar-refractivity contribution in [3.8, 4) is 0 Å². The zero-order chi connectivity index (χ0) is 26.3. The van der Waals surface area contributed by atoms with Gasteiger partial charge in [0.05, 0.1) is 0 Å². The molecular formula is C28H29F5O3. The first-order valence-corrected chi connectivity index (χ1v) is 12.5. The fraction of sp³-hybridized carbons (Fsp3) is 0.571. The third-order valence-corrected chi connectivity index (χ3v) is 9.48. The van der Waals surface area contributed by atoms with Crippen molar-refractivity contribution in [3.63, 3.8) is 0 Å². The molecular weight excluding hydrogens is 479 g/mol. The van der Waals surface area contributed by atoms with E-state index >= 15 is 0 Å². The quantitative estimate of drug-likeness (QED) is 0.364. The number of carbonyl (C=O) groups excluding carboxylic acids is 2. The molecule has 0 radical (unpaired) electrons. The first-order chi connectivity index (χ1) is 16.7. The molecule has 2 saturated carbocycles. The number of hydrogen-bond donors (Lipinski definition) is 1. The number of carbonyl (C=O) groups is 2. The molecule has 0 unspecified atom stereocenters. The van der Waals surface area contributed by atoms with Crippen LogP contribution in [0.2, 0.25) is 0 Å². The van der Waals surface area contributed by atoms with Crippen LogP contribution in [0.3, 0.4) is 0 Å². The fourth-order valence-corrected chi connectivity index (χ4v) is 7.66. The van der Waals surface area contributed by atoms with Gasteiger partial charge in [0.15, 0.2) is 11.6 Å². The number of halogens is 5. The van der Waals surface area contributed by atoms with Gasteiger partial charge >= 0.3 is 12.1 Å². The third kappa shape index (κ3) is 3.39. The fourth-order valence-electron chi connectivity index (χ4n) is 7.66. The summed E-state index contributed by atoms with van der Waals surface area (Å²) in [6.07, 6.45) is -2.90. The Kier molecular flexibility index (Phi) is 5.67. The molecule has 0 bridgehead atoms. The van der Waals surface area contributed by atoms with Crippen LogP contribution in [0.25, 0.3) is 0 Å². The predicted octanol–water partition coefficient (Wildman–Crippen LogP) is 6.72. The Balaban J connectivity index is 1.69. The summed E-state index contributed by atoms with van der Waals surface area (Å²) in [7, 11) is 0. The minimum atomic E-state index is -5.87. The van der Waals surface area contributed by atoms with Gasteiger partial charge < -0.3 is 5.11 Å². The second-order valence-electron chi connectivity index (χ2n) is 11.1. The predicted molar refractivity (Wildman–Crippen MR) is 123 cm³/mol. The molecule has 4 aliphatic rings. The van der Waals surface area contributed by atoms with Crippen LogP contribution >= 0.6 is 0 Å². The lowest BCUT2D eigenvalue weighted by Crippen LogP contribution is -2.65. The van der Waals surface area contributed by atoms with E-state index in [0.717, 1.165) is 22.3 Å². The highest BCUT2D eigenvalue weighted by atomic mass is 19.4. The number of rotatable bonds is 3. The standard InChI is InChI=1S/C28H29F5O3/c1-15(34)16-3-5-17(6-4-16)22-14-25(2)23(11-12-26(25,36)27(29,30)28(31,32)33)21-9-7-18-13-19(35)8-10-20(18)24(21)22/h3-6,13,21-23,36H,7-12,14H2,1-2H3/t21-,22-,23-,25-,26-/m0/s1. The molecule has 0 saturated heterocycles. The second kappa shape index (κ2) is 8.07. The van der Waals surface area contributed by atoms with E-state index < -0.39 is 41.4 Å². The van der Waals surface area contributed by atoms with Crippen molar-refractivity contribution in [3.05, 3.63) is 58.2 Å². The van der Waals surface area contributed by atoms with E-state index in [1.807, 2.05) is 0 Å². The Hall–Kier alpha value is -2.35. The van der Waals surface area contributed by atoms with Crippen LogP contribution in [0, 0.1) is 17.3 Å². The summed E-state index contributed by atoms with van der Waals surface area (Å²) in [6.45, 7) is 2.83. The van der Waals surface area contributed by atoms with Gasteiger partial charge in [-0.25, -0.2) is 0 Å². The van der Waals surface area contributed by atoms with Gasteiger partial charge in [-0.3, -0.25) is 9.59 Å². The lowest BCUT2D eigenvalue weighted by Gasteiger charge is -2.56. The van der Waals surface area contributed by atoms with E-state index in [0.29, 0.717) is 31.2 Å². The maximum absolute atomic E-state index is 15.0. The van der Waals surface area contributed by atoms with Crippen LogP contribution in [-0.4, -0.2) is 34.4 Å². The number of fused-ring (bicyclic) bond motifs is 4. The topological polar surface area (TPSA) is 54.4 Å². The largest absolute Gasteiger partial charge is 0.456 e. The first-order valence-electron chi connectivity index (χ1n) is 12.5. The third-order valence-electron chi connectivity index (χ3n) is 9.48. The smallest absolute Gasteiger partial charge is 0.383 e. The van der Waals surface area contributed by atoms with Crippen LogP contribution in [0.4, 0.5) is 22.0 Å². The maximum Gasteiger partial charge on any atom is 0.456 e. The molecule has 8 heteroatoms. The molecule has 2 fully saturated rings. The van der Waals surface area contributed by atoms with Crippen molar-refractivity contribution >= 4 is 11.6 Å². The van der Waals surface area contributed by atoms with Gasteiger partial charge in [-0.15, -0.1) is 0 Å². The van der Waals surface area contributed by atoms with Crippen LogP contribution < -0.4 is 0 Å². The number of benzene rings is 1. The lowest BCUT2D eigenvalue weighted by molar-refractivity contribution is -0.362. The van der Waals surface area contributed by atoms with E-state index in [1.165, 1.54) is 13.8 Å². The Morgan fingerprint density at radius 1 is 1.03 bits per heavy atom. The van der Waals surface area contributed by atoms with Crippen LogP contribution in [0.5, 0.6) is 0 Å². The first kappa shape index (κ1) is 25.3. The Labute approximate surface area is 206 Å². The molecule has 0 aliphatic heterocycles. The SMILES string of the molecule is CC(=O)c1ccc([C@@H]2C[C@@]3(C)[C@@H](CC[C@@]3(O)C(F)(F)C(F)(F)F)[C@@H]3CCC4=CC(=O)CCC4=C23)cc1. The molecule has 4 aliphatic carbocycles. The molecule has 194 valence electrons. The minimum absolute atomic E-state index is 0.0378. The van der Waals surface area contributed by atoms with Crippen LogP contribution in [0.15, 0.2) is 47.1 Å². The normalized spacial score (nSPS) is 34.6. The molecule has 1 aromatic carbocycles. The highest BCUT2D eigenvalue weighted by Crippen LogP contribution is 2.70. The molecule has 0 spiro atoms. The van der Waals surface area contributed by atoms with E-state index in [2.05, 4.69) is 0 Å². The summed E-state index contributed by atoms with van der Waals surface area (Å²) in [5.74, 6) is -6.66. The maximum atomic E-state index is 15.0. The molecule has 0 heterocycles. The highest BCUT2D eigenvalue weighted by molar-refractivity contribution is 5.94. The monoisotopic (exact) mass is 508 g/mol. The summed E-state index contributed by atoms with van der Waals surface area (Å²) < 4.78 is 70.7. The van der Waals surface area contributed by atoms with Crippen LogP contribution in [-0.2, 0) is 4.79 Å². The molecule has 5 rings (SSSR count). The summed E-state index contributed by atoms with van der Waals surface area (Å²) in [6, 6.07) is 6.75. The van der Waals surface area contributed by atoms with Crippen LogP contribution in [0.1, 0.15) is 80.6 Å². The van der Waals surface area contributed by atoms with E-state index in [1.54, 1.807) is 30.3 Å². The molecule has 0 amide bonds. The molecule has 1 aromatic rings. The van der Waals surface area contributed by atoms with Gasteiger partial charge in [0.25, 0.3) is 0 Å². The molecule has 1 N–H and O–H groups in total. The van der Waals surface area contributed by atoms with Gasteiger partial charge in [0, 0.05) is 23.3 Å². The number of aliphatic hydroxyl groups is 1. The van der Waals surface area contributed by atoms with Crippen molar-refractivity contribution < 1.29 is 36.6 Å². The minimum Gasteiger partial charge on any atom is -0.383 e. The van der Waals surface area contributed by atoms with Crippen molar-refractivity contribution in [1.82, 2.24) is 0 Å². The Morgan fingerprint density at radius 3 is 2.31 bits per heavy atom. The average Bonchev–Trinajstić information content (AvgIpc) is 3.09. The molecule has 5 atom stereocenters.